The molecule has 3 aromatic carbocycles. The second-order valence-electron chi connectivity index (χ2n) is 11.5. The zero-order chi connectivity index (χ0) is 38.8. The SMILES string of the molecule is COc1ccc([C@H](NC(=O)[C@@H](Cc2cccc(F)c2)Oc2cccc(C#N)c2C#N)C(=O)N[C@H](C(=O)C(F)(F)C(=O)NCC(F)(F)F)C(C)C)cc1. The Labute approximate surface area is 293 Å². The largest absolute Gasteiger partial charge is 0.497 e. The third-order valence-corrected chi connectivity index (χ3v) is 7.42. The molecule has 17 heteroatoms. The summed E-state index contributed by atoms with van der Waals surface area (Å²) < 4.78 is 92.5. The Morgan fingerprint density at radius 2 is 1.52 bits per heavy atom. The lowest BCUT2D eigenvalue weighted by molar-refractivity contribution is -0.165. The van der Waals surface area contributed by atoms with Gasteiger partial charge >= 0.3 is 12.1 Å². The van der Waals surface area contributed by atoms with Crippen molar-refractivity contribution in [2.45, 2.75) is 50.6 Å². The van der Waals surface area contributed by atoms with Crippen molar-refractivity contribution in [1.82, 2.24) is 16.0 Å². The van der Waals surface area contributed by atoms with Crippen molar-refractivity contribution in [3.8, 4) is 23.6 Å². The number of rotatable bonds is 15. The van der Waals surface area contributed by atoms with Crippen LogP contribution in [0.2, 0.25) is 0 Å². The van der Waals surface area contributed by atoms with Gasteiger partial charge in [-0.05, 0) is 53.4 Å². The Bertz CT molecular complexity index is 1870. The zero-order valence-corrected chi connectivity index (χ0v) is 27.7. The molecule has 0 saturated carbocycles. The minimum atomic E-state index is -5.06. The standard InChI is InChI=1S/C35H31F6N5O6/c1-19(2)28(30(47)35(40,41)33(50)44-18-34(37,38)39)45-32(49)29(21-10-12-24(51-3)13-11-21)46-31(48)27(15-20-6-4-8-23(36)14-20)52-26-9-5-7-22(16-42)25(26)17-43/h4-14,19,27-29H,15,18H2,1-3H3,(H,44,50)(H,45,49)(H,46,48)/t27-,28+,29+/m1/s1. The van der Waals surface area contributed by atoms with Crippen molar-refractivity contribution in [3.63, 3.8) is 0 Å². The number of alkyl halides is 5. The molecule has 0 bridgehead atoms. The van der Waals surface area contributed by atoms with Gasteiger partial charge in [0.25, 0.3) is 11.8 Å². The Morgan fingerprint density at radius 1 is 0.865 bits per heavy atom. The molecular weight excluding hydrogens is 700 g/mol. The molecule has 0 aliphatic rings. The first kappa shape index (κ1) is 40.3. The van der Waals surface area contributed by atoms with E-state index in [9.17, 15) is 56.0 Å². The number of benzene rings is 3. The molecule has 52 heavy (non-hydrogen) atoms. The lowest BCUT2D eigenvalue weighted by Gasteiger charge is -2.28. The zero-order valence-electron chi connectivity index (χ0n) is 27.7. The van der Waals surface area contributed by atoms with Gasteiger partial charge in [0, 0.05) is 6.42 Å². The predicted molar refractivity (Wildman–Crippen MR) is 170 cm³/mol. The number of carbonyl (C=O) groups excluding carboxylic acids is 4. The van der Waals surface area contributed by atoms with E-state index in [1.165, 1.54) is 75.6 Å². The van der Waals surface area contributed by atoms with Crippen LogP contribution in [0.4, 0.5) is 26.3 Å². The third kappa shape index (κ3) is 10.5. The normalized spacial score (nSPS) is 13.1. The fourth-order valence-electron chi connectivity index (χ4n) is 4.76. The summed E-state index contributed by atoms with van der Waals surface area (Å²) in [5.41, 5.74) is -0.0688. The third-order valence-electron chi connectivity index (χ3n) is 7.42. The second kappa shape index (κ2) is 17.2. The van der Waals surface area contributed by atoms with E-state index in [2.05, 4.69) is 10.6 Å². The quantitative estimate of drug-likeness (QED) is 0.152. The van der Waals surface area contributed by atoms with E-state index in [1.807, 2.05) is 12.1 Å². The van der Waals surface area contributed by atoms with E-state index in [1.54, 1.807) is 0 Å². The molecule has 3 atom stereocenters. The summed E-state index contributed by atoms with van der Waals surface area (Å²) in [5.74, 6) is -13.8. The average molecular weight is 732 g/mol. The van der Waals surface area contributed by atoms with Crippen LogP contribution >= 0.6 is 0 Å². The van der Waals surface area contributed by atoms with Crippen LogP contribution in [-0.4, -0.2) is 61.4 Å². The molecule has 3 rings (SSSR count). The number of carbonyl (C=O) groups is 4. The smallest absolute Gasteiger partial charge is 0.405 e. The number of ketones is 1. The Balaban J connectivity index is 2.02. The van der Waals surface area contributed by atoms with Gasteiger partial charge in [0.2, 0.25) is 11.7 Å². The molecule has 0 spiro atoms. The molecule has 274 valence electrons. The van der Waals surface area contributed by atoms with Crippen LogP contribution in [0, 0.1) is 34.4 Å². The molecule has 0 unspecified atom stereocenters. The van der Waals surface area contributed by atoms with Crippen molar-refractivity contribution in [2.75, 3.05) is 13.7 Å². The fraction of sp³-hybridized carbons (Fsp3) is 0.314. The fourth-order valence-corrected chi connectivity index (χ4v) is 4.76. The predicted octanol–water partition coefficient (Wildman–Crippen LogP) is 4.45. The molecular formula is C35H31F6N5O6. The Kier molecular flexibility index (Phi) is 13.4. The first-order chi connectivity index (χ1) is 24.4. The molecule has 3 amide bonds. The van der Waals surface area contributed by atoms with Gasteiger partial charge in [0.1, 0.15) is 47.6 Å². The van der Waals surface area contributed by atoms with E-state index < -0.39 is 72.1 Å². The van der Waals surface area contributed by atoms with Crippen molar-refractivity contribution >= 4 is 23.5 Å². The summed E-state index contributed by atoms with van der Waals surface area (Å²) in [6, 6.07) is 14.2. The number of Topliss-reactive ketones (excluding diaryl/α,β-unsaturated/α-hetero) is 1. The minimum absolute atomic E-state index is 0.0185. The molecule has 0 saturated heterocycles. The number of amides is 3. The van der Waals surface area contributed by atoms with Gasteiger partial charge in [-0.3, -0.25) is 19.2 Å². The highest BCUT2D eigenvalue weighted by molar-refractivity contribution is 6.10. The Hall–Kier alpha value is -6.10. The van der Waals surface area contributed by atoms with Crippen LogP contribution in [0.15, 0.2) is 66.7 Å². The lowest BCUT2D eigenvalue weighted by atomic mass is 9.94. The van der Waals surface area contributed by atoms with E-state index in [0.717, 1.165) is 17.4 Å². The van der Waals surface area contributed by atoms with Gasteiger partial charge in [-0.25, -0.2) is 4.39 Å². The highest BCUT2D eigenvalue weighted by Gasteiger charge is 2.52. The summed E-state index contributed by atoms with van der Waals surface area (Å²) in [7, 11) is 1.34. The maximum atomic E-state index is 14.9. The topological polar surface area (TPSA) is 170 Å². The number of nitrogens with one attached hydrogen (secondary N) is 3. The first-order valence-corrected chi connectivity index (χ1v) is 15.3. The van der Waals surface area contributed by atoms with Gasteiger partial charge in [0.15, 0.2) is 6.10 Å². The lowest BCUT2D eigenvalue weighted by Crippen LogP contribution is -2.58. The minimum Gasteiger partial charge on any atom is -0.497 e. The van der Waals surface area contributed by atoms with Gasteiger partial charge in [-0.15, -0.1) is 0 Å². The first-order valence-electron chi connectivity index (χ1n) is 15.3. The second-order valence-corrected chi connectivity index (χ2v) is 11.5. The van der Waals surface area contributed by atoms with Crippen LogP contribution in [0.3, 0.4) is 0 Å². The summed E-state index contributed by atoms with van der Waals surface area (Å²) in [6.45, 7) is 0.297. The number of hydrogen-bond donors (Lipinski definition) is 3. The molecule has 11 nitrogen and oxygen atoms in total. The number of methoxy groups -OCH3 is 1. The number of halogens is 6. The molecule has 0 radical (unpaired) electrons. The Morgan fingerprint density at radius 3 is 2.08 bits per heavy atom. The molecule has 0 fully saturated rings. The number of hydrogen-bond acceptors (Lipinski definition) is 8. The molecule has 3 N–H and O–H groups in total. The number of nitriles is 2. The van der Waals surface area contributed by atoms with Crippen molar-refractivity contribution in [3.05, 3.63) is 94.8 Å². The number of ether oxygens (including phenoxy) is 2. The summed E-state index contributed by atoms with van der Waals surface area (Å²) in [6.07, 6.45) is -7.04. The van der Waals surface area contributed by atoms with Crippen LogP contribution in [0.1, 0.15) is 42.1 Å². The van der Waals surface area contributed by atoms with Crippen LogP contribution in [0.25, 0.3) is 0 Å². The highest BCUT2D eigenvalue weighted by Crippen LogP contribution is 2.26. The molecule has 0 aliphatic carbocycles. The van der Waals surface area contributed by atoms with E-state index in [0.29, 0.717) is 5.75 Å². The van der Waals surface area contributed by atoms with Crippen LogP contribution in [0.5, 0.6) is 11.5 Å². The van der Waals surface area contributed by atoms with Crippen LogP contribution < -0.4 is 25.4 Å². The van der Waals surface area contributed by atoms with E-state index >= 15 is 0 Å². The number of nitrogens with zero attached hydrogens (tertiary/aromatic N) is 2. The maximum absolute atomic E-state index is 14.9. The van der Waals surface area contributed by atoms with E-state index in [-0.39, 0.29) is 34.4 Å². The molecule has 0 heterocycles. The maximum Gasteiger partial charge on any atom is 0.405 e. The summed E-state index contributed by atoms with van der Waals surface area (Å²) in [5, 5.41) is 24.6. The molecule has 3 aromatic rings. The van der Waals surface area contributed by atoms with E-state index in [4.69, 9.17) is 9.47 Å². The van der Waals surface area contributed by atoms with Gasteiger partial charge < -0.3 is 25.4 Å². The van der Waals surface area contributed by atoms with Gasteiger partial charge in [-0.2, -0.15) is 32.5 Å². The monoisotopic (exact) mass is 731 g/mol. The van der Waals surface area contributed by atoms with Gasteiger partial charge in [0.05, 0.1) is 18.7 Å². The van der Waals surface area contributed by atoms with Crippen molar-refractivity contribution in [2.24, 2.45) is 5.92 Å². The molecule has 0 aliphatic heterocycles. The highest BCUT2D eigenvalue weighted by atomic mass is 19.4. The average Bonchev–Trinajstić information content (AvgIpc) is 3.10. The summed E-state index contributed by atoms with van der Waals surface area (Å²) >= 11 is 0. The van der Waals surface area contributed by atoms with Gasteiger partial charge in [-0.1, -0.05) is 44.2 Å². The van der Waals surface area contributed by atoms with Crippen molar-refractivity contribution < 1.29 is 55.0 Å². The summed E-state index contributed by atoms with van der Waals surface area (Å²) in [4.78, 5) is 52.6. The van der Waals surface area contributed by atoms with Crippen molar-refractivity contribution in [1.29, 1.82) is 10.5 Å². The molecule has 0 aromatic heterocycles. The van der Waals surface area contributed by atoms with Crippen LogP contribution in [-0.2, 0) is 25.6 Å².